The molecule has 75 heavy (non-hydrogen) atoms. The molecule has 0 amide bonds. The summed E-state index contributed by atoms with van der Waals surface area (Å²) in [5, 5.41) is 0. The maximum atomic E-state index is 14.2. The van der Waals surface area contributed by atoms with E-state index in [1.807, 2.05) is 121 Å². The molecule has 2 aliphatic rings. The van der Waals surface area contributed by atoms with Gasteiger partial charge in [0.05, 0.1) is 49.7 Å². The second kappa shape index (κ2) is 26.8. The van der Waals surface area contributed by atoms with Crippen LogP contribution in [0.2, 0.25) is 0 Å². The molecule has 0 aromatic heterocycles. The molecule has 2 fully saturated rings. The average molecular weight is 1010 g/mol. The minimum atomic E-state index is -1.44. The van der Waals surface area contributed by atoms with E-state index in [0.29, 0.717) is 12.2 Å². The fourth-order valence-electron chi connectivity index (χ4n) is 9.03. The van der Waals surface area contributed by atoms with Crippen LogP contribution < -0.4 is 0 Å². The van der Waals surface area contributed by atoms with Gasteiger partial charge >= 0.3 is 17.9 Å². The van der Waals surface area contributed by atoms with Gasteiger partial charge in [0.2, 0.25) is 0 Å². The standard InChI is InChI=1S/C62H60O13/c1-43-53(73-59(64)49-33-19-7-20-34-49)52(42-69-58(63)48-31-17-6-18-32-48)72-62(54(43)74-60(65)50-35-21-8-22-36-50)75-57-56(68-39-46-27-13-4-14-28-46)55(67-38-45-25-11-3-12-26-45)51(41-66-37-44-23-9-2-10-24-44)71-61(57)70-40-47-29-15-5-16-30-47/h2-36,43,51-57,61-62H,37-42H2,1H3/t43-,51?,52?,53+,54?,55-,56-,57?,61+,62-/m0/s1. The number of rotatable bonds is 22. The third-order valence-electron chi connectivity index (χ3n) is 13.0. The summed E-state index contributed by atoms with van der Waals surface area (Å²) in [5.74, 6) is -2.81. The fourth-order valence-corrected chi connectivity index (χ4v) is 9.03. The molecule has 7 aromatic carbocycles. The Bertz CT molecular complexity index is 2810. The molecule has 386 valence electrons. The molecule has 13 heteroatoms. The first kappa shape index (κ1) is 52.5. The molecule has 0 spiro atoms. The summed E-state index contributed by atoms with van der Waals surface area (Å²) in [4.78, 5) is 41.8. The predicted octanol–water partition coefficient (Wildman–Crippen LogP) is 10.4. The van der Waals surface area contributed by atoms with Gasteiger partial charge in [-0.2, -0.15) is 0 Å². The predicted molar refractivity (Wildman–Crippen MR) is 277 cm³/mol. The van der Waals surface area contributed by atoms with Gasteiger partial charge in [-0.3, -0.25) is 0 Å². The molecule has 2 aliphatic heterocycles. The second-order valence-electron chi connectivity index (χ2n) is 18.3. The topological polar surface area (TPSA) is 144 Å². The first-order valence-electron chi connectivity index (χ1n) is 25.1. The average Bonchev–Trinajstić information content (AvgIpc) is 3.47. The van der Waals surface area contributed by atoms with Crippen molar-refractivity contribution in [2.75, 3.05) is 13.2 Å². The molecule has 13 nitrogen and oxygen atoms in total. The zero-order chi connectivity index (χ0) is 51.6. The molecule has 2 saturated heterocycles. The van der Waals surface area contributed by atoms with E-state index < -0.39 is 79.1 Å². The summed E-state index contributed by atoms with van der Waals surface area (Å²) in [7, 11) is 0. The third kappa shape index (κ3) is 14.5. The molecule has 4 unspecified atom stereocenters. The van der Waals surface area contributed by atoms with Crippen LogP contribution in [-0.4, -0.2) is 86.4 Å². The summed E-state index contributed by atoms with van der Waals surface area (Å²) in [6.45, 7) is 2.18. The van der Waals surface area contributed by atoms with Crippen LogP contribution in [0.3, 0.4) is 0 Å². The Kier molecular flexibility index (Phi) is 18.7. The molecule has 2 heterocycles. The van der Waals surface area contributed by atoms with Crippen LogP contribution in [0.5, 0.6) is 0 Å². The number of esters is 3. The van der Waals surface area contributed by atoms with Crippen molar-refractivity contribution in [3.8, 4) is 0 Å². The van der Waals surface area contributed by atoms with Gasteiger partial charge in [-0.15, -0.1) is 0 Å². The molecular formula is C62H60O13. The van der Waals surface area contributed by atoms with E-state index in [4.69, 9.17) is 47.4 Å². The third-order valence-corrected chi connectivity index (χ3v) is 13.0. The Morgan fingerprint density at radius 3 is 1.23 bits per heavy atom. The van der Waals surface area contributed by atoms with Crippen molar-refractivity contribution in [3.05, 3.63) is 251 Å². The quantitative estimate of drug-likeness (QED) is 0.0470. The van der Waals surface area contributed by atoms with E-state index in [-0.39, 0.29) is 44.2 Å². The number of hydrogen-bond acceptors (Lipinski definition) is 13. The summed E-state index contributed by atoms with van der Waals surface area (Å²) < 4.78 is 66.9. The molecule has 0 aliphatic carbocycles. The minimum Gasteiger partial charge on any atom is -0.459 e. The van der Waals surface area contributed by atoms with Crippen molar-refractivity contribution in [2.45, 2.75) is 88.7 Å². The van der Waals surface area contributed by atoms with Crippen molar-refractivity contribution in [1.82, 2.24) is 0 Å². The van der Waals surface area contributed by atoms with Gasteiger partial charge in [0, 0.05) is 5.92 Å². The Hall–Kier alpha value is -7.33. The van der Waals surface area contributed by atoms with Gasteiger partial charge in [0.25, 0.3) is 0 Å². The normalized spacial score (nSPS) is 23.4. The maximum Gasteiger partial charge on any atom is 0.338 e. The Morgan fingerprint density at radius 2 is 0.747 bits per heavy atom. The maximum absolute atomic E-state index is 14.2. The summed E-state index contributed by atoms with van der Waals surface area (Å²) >= 11 is 0. The zero-order valence-electron chi connectivity index (χ0n) is 41.5. The molecular weight excluding hydrogens is 953 g/mol. The van der Waals surface area contributed by atoms with Crippen molar-refractivity contribution >= 4 is 17.9 Å². The summed E-state index contributed by atoms with van der Waals surface area (Å²) in [5.41, 5.74) is 4.47. The molecule has 0 bridgehead atoms. The monoisotopic (exact) mass is 1010 g/mol. The van der Waals surface area contributed by atoms with E-state index in [1.165, 1.54) is 0 Å². The van der Waals surface area contributed by atoms with Crippen LogP contribution in [0.4, 0.5) is 0 Å². The highest BCUT2D eigenvalue weighted by Crippen LogP contribution is 2.38. The number of ether oxygens (including phenoxy) is 10. The van der Waals surface area contributed by atoms with Crippen LogP contribution in [0.25, 0.3) is 0 Å². The lowest BCUT2D eigenvalue weighted by atomic mass is 9.89. The van der Waals surface area contributed by atoms with Crippen LogP contribution >= 0.6 is 0 Å². The fraction of sp³-hybridized carbons (Fsp3) is 0.274. The van der Waals surface area contributed by atoms with E-state index in [0.717, 1.165) is 22.3 Å². The van der Waals surface area contributed by atoms with Gasteiger partial charge in [0.1, 0.15) is 43.2 Å². The van der Waals surface area contributed by atoms with Crippen LogP contribution in [0, 0.1) is 5.92 Å². The first-order chi connectivity index (χ1) is 36.9. The van der Waals surface area contributed by atoms with Crippen molar-refractivity contribution < 1.29 is 61.8 Å². The molecule has 0 N–H and O–H groups in total. The molecule has 9 rings (SSSR count). The zero-order valence-corrected chi connectivity index (χ0v) is 41.5. The largest absolute Gasteiger partial charge is 0.459 e. The highest BCUT2D eigenvalue weighted by Gasteiger charge is 2.55. The SMILES string of the molecule is C[C@@H]1C(OC(=O)c2ccccc2)[C@H](OC2[C@H](OCc3ccccc3)OC(COCc3ccccc3)[C@H](OCc3ccccc3)[C@@H]2OCc2ccccc2)OC(COC(=O)c2ccccc2)[C@@H]1OC(=O)c1ccccc1. The van der Waals surface area contributed by atoms with Gasteiger partial charge in [-0.05, 0) is 58.7 Å². The highest BCUT2D eigenvalue weighted by molar-refractivity contribution is 5.90. The van der Waals surface area contributed by atoms with Crippen LogP contribution in [0.15, 0.2) is 212 Å². The Labute approximate surface area is 437 Å². The minimum absolute atomic E-state index is 0.0784. The van der Waals surface area contributed by atoms with Gasteiger partial charge in [0.15, 0.2) is 18.7 Å². The lowest BCUT2D eigenvalue weighted by Gasteiger charge is -2.49. The number of hydrogen-bond donors (Lipinski definition) is 0. The van der Waals surface area contributed by atoms with Crippen molar-refractivity contribution in [1.29, 1.82) is 0 Å². The lowest BCUT2D eigenvalue weighted by Crippen LogP contribution is -2.65. The van der Waals surface area contributed by atoms with Crippen LogP contribution in [0.1, 0.15) is 60.3 Å². The highest BCUT2D eigenvalue weighted by atomic mass is 16.8. The smallest absolute Gasteiger partial charge is 0.338 e. The second-order valence-corrected chi connectivity index (χ2v) is 18.3. The van der Waals surface area contributed by atoms with Crippen LogP contribution in [-0.2, 0) is 73.8 Å². The van der Waals surface area contributed by atoms with E-state index in [1.54, 1.807) is 97.9 Å². The molecule has 7 aromatic rings. The van der Waals surface area contributed by atoms with Gasteiger partial charge < -0.3 is 47.4 Å². The summed E-state index contributed by atoms with van der Waals surface area (Å²) in [6.07, 6.45) is -9.95. The molecule has 0 radical (unpaired) electrons. The molecule has 0 saturated carbocycles. The Balaban J connectivity index is 1.11. The van der Waals surface area contributed by atoms with Gasteiger partial charge in [-0.1, -0.05) is 183 Å². The Morgan fingerprint density at radius 1 is 0.373 bits per heavy atom. The van der Waals surface area contributed by atoms with Crippen molar-refractivity contribution in [3.63, 3.8) is 0 Å². The summed E-state index contributed by atoms with van der Waals surface area (Å²) in [6, 6.07) is 64.5. The van der Waals surface area contributed by atoms with Gasteiger partial charge in [-0.25, -0.2) is 14.4 Å². The lowest BCUT2D eigenvalue weighted by molar-refractivity contribution is -0.372. The molecule has 10 atom stereocenters. The number of benzene rings is 7. The van der Waals surface area contributed by atoms with E-state index in [2.05, 4.69) is 0 Å². The first-order valence-corrected chi connectivity index (χ1v) is 25.1. The number of carbonyl (C=O) groups excluding carboxylic acids is 3. The number of carbonyl (C=O) groups is 3. The van der Waals surface area contributed by atoms with Crippen molar-refractivity contribution in [2.24, 2.45) is 5.92 Å². The van der Waals surface area contributed by atoms with E-state index in [9.17, 15) is 14.4 Å². The van der Waals surface area contributed by atoms with E-state index >= 15 is 0 Å².